The first kappa shape index (κ1) is 21.5. The Labute approximate surface area is 189 Å². The van der Waals surface area contributed by atoms with Crippen molar-refractivity contribution in [1.29, 1.82) is 0 Å². The van der Waals surface area contributed by atoms with Crippen LogP contribution in [0.4, 0.5) is 0 Å². The van der Waals surface area contributed by atoms with Gasteiger partial charge in [-0.1, -0.05) is 78.9 Å². The lowest BCUT2D eigenvalue weighted by Gasteiger charge is -2.30. The predicted octanol–water partition coefficient (Wildman–Crippen LogP) is 4.55. The van der Waals surface area contributed by atoms with Crippen LogP contribution in [0.3, 0.4) is 0 Å². The summed E-state index contributed by atoms with van der Waals surface area (Å²) in [5.74, 6) is 0.0701. The number of carbonyl (C=O) groups is 1. The van der Waals surface area contributed by atoms with Gasteiger partial charge in [-0.05, 0) is 30.3 Å². The van der Waals surface area contributed by atoms with E-state index in [4.69, 9.17) is 0 Å². The molecule has 0 aliphatic rings. The molecule has 3 aromatic carbocycles. The molecular weight excluding hydrogens is 396 g/mol. The predicted molar refractivity (Wildman–Crippen MR) is 127 cm³/mol. The largest absolute Gasteiger partial charge is 0.334 e. The molecule has 162 valence electrons. The van der Waals surface area contributed by atoms with Crippen LogP contribution >= 0.6 is 0 Å². The molecule has 0 aliphatic heterocycles. The van der Waals surface area contributed by atoms with Crippen molar-refractivity contribution in [3.8, 4) is 5.69 Å². The van der Waals surface area contributed by atoms with Crippen LogP contribution in [-0.2, 0) is 11.3 Å². The van der Waals surface area contributed by atoms with Gasteiger partial charge in [-0.3, -0.25) is 9.69 Å². The molecule has 5 heteroatoms. The number of nitrogens with zero attached hydrogens (tertiary/aromatic N) is 4. The lowest BCUT2D eigenvalue weighted by molar-refractivity contribution is -0.132. The summed E-state index contributed by atoms with van der Waals surface area (Å²) in [5.41, 5.74) is 4.28. The molecule has 0 bridgehead atoms. The molecule has 0 radical (unpaired) electrons. The summed E-state index contributed by atoms with van der Waals surface area (Å²) >= 11 is 0. The van der Waals surface area contributed by atoms with Crippen molar-refractivity contribution in [2.75, 3.05) is 20.6 Å². The molecule has 0 saturated heterocycles. The van der Waals surface area contributed by atoms with Crippen molar-refractivity contribution in [1.82, 2.24) is 19.6 Å². The lowest BCUT2D eigenvalue weighted by atomic mass is 9.97. The fourth-order valence-electron chi connectivity index (χ4n) is 3.93. The van der Waals surface area contributed by atoms with Crippen LogP contribution in [0.2, 0.25) is 0 Å². The number of carbonyl (C=O) groups excluding carboxylic acids is 1. The monoisotopic (exact) mass is 424 g/mol. The second-order valence-electron chi connectivity index (χ2n) is 8.03. The topological polar surface area (TPSA) is 41.4 Å². The minimum absolute atomic E-state index is 0.0701. The minimum Gasteiger partial charge on any atom is -0.334 e. The Kier molecular flexibility index (Phi) is 6.78. The Hall–Kier alpha value is -3.70. The van der Waals surface area contributed by atoms with E-state index in [1.807, 2.05) is 108 Å². The molecule has 0 atom stereocenters. The normalized spacial score (nSPS) is 11.1. The van der Waals surface area contributed by atoms with Crippen LogP contribution in [0, 0.1) is 0 Å². The highest BCUT2D eigenvalue weighted by Crippen LogP contribution is 2.27. The summed E-state index contributed by atoms with van der Waals surface area (Å²) in [4.78, 5) is 17.1. The molecule has 1 aromatic heterocycles. The third kappa shape index (κ3) is 5.13. The van der Waals surface area contributed by atoms with Crippen LogP contribution in [0.25, 0.3) is 5.69 Å². The first-order valence-corrected chi connectivity index (χ1v) is 10.7. The van der Waals surface area contributed by atoms with Crippen LogP contribution < -0.4 is 0 Å². The number of hydrogen-bond acceptors (Lipinski definition) is 3. The number of likely N-dealkylation sites (N-methyl/N-ethyl adjacent to an activating group) is 2. The summed E-state index contributed by atoms with van der Waals surface area (Å²) in [6.45, 7) is 0.969. The molecular formula is C27H28N4O. The molecule has 0 fully saturated rings. The highest BCUT2D eigenvalue weighted by molar-refractivity contribution is 5.79. The van der Waals surface area contributed by atoms with Gasteiger partial charge in [-0.15, -0.1) is 0 Å². The van der Waals surface area contributed by atoms with E-state index in [1.165, 1.54) is 0 Å². The molecule has 4 rings (SSSR count). The smallest absolute Gasteiger partial charge is 0.237 e. The van der Waals surface area contributed by atoms with Gasteiger partial charge in [0.05, 0.1) is 24.5 Å². The van der Waals surface area contributed by atoms with Crippen LogP contribution in [0.15, 0.2) is 103 Å². The van der Waals surface area contributed by atoms with Crippen molar-refractivity contribution in [2.45, 2.75) is 12.6 Å². The zero-order chi connectivity index (χ0) is 22.3. The molecule has 32 heavy (non-hydrogen) atoms. The fraction of sp³-hybridized carbons (Fsp3) is 0.185. The maximum atomic E-state index is 13.2. The second kappa shape index (κ2) is 10.1. The summed E-state index contributed by atoms with van der Waals surface area (Å²) in [5, 5.41) is 4.46. The third-order valence-corrected chi connectivity index (χ3v) is 5.53. The number of aromatic nitrogens is 2. The standard InChI is InChI=1S/C27H28N4O/c1-29(19-22-18-28-31(20-22)25-16-10-5-11-17-25)21-26(32)30(2)27(23-12-6-3-7-13-23)24-14-8-4-9-15-24/h3-18,20,27H,19,21H2,1-2H3. The van der Waals surface area contributed by atoms with Gasteiger partial charge in [0.25, 0.3) is 0 Å². The van der Waals surface area contributed by atoms with Gasteiger partial charge in [0.1, 0.15) is 0 Å². The molecule has 0 N–H and O–H groups in total. The van der Waals surface area contributed by atoms with Crippen molar-refractivity contribution in [3.05, 3.63) is 120 Å². The van der Waals surface area contributed by atoms with E-state index in [0.717, 1.165) is 22.4 Å². The number of amides is 1. The van der Waals surface area contributed by atoms with E-state index in [-0.39, 0.29) is 11.9 Å². The highest BCUT2D eigenvalue weighted by atomic mass is 16.2. The number of rotatable bonds is 8. The zero-order valence-corrected chi connectivity index (χ0v) is 18.5. The van der Waals surface area contributed by atoms with Crippen molar-refractivity contribution >= 4 is 5.91 Å². The summed E-state index contributed by atoms with van der Waals surface area (Å²) in [6.07, 6.45) is 3.87. The minimum atomic E-state index is -0.126. The van der Waals surface area contributed by atoms with E-state index in [1.54, 1.807) is 0 Å². The van der Waals surface area contributed by atoms with Crippen LogP contribution in [-0.4, -0.2) is 46.1 Å². The fourth-order valence-corrected chi connectivity index (χ4v) is 3.93. The van der Waals surface area contributed by atoms with E-state index >= 15 is 0 Å². The SMILES string of the molecule is CN(CC(=O)N(C)C(c1ccccc1)c1ccccc1)Cc1cnn(-c2ccccc2)c1. The average molecular weight is 425 g/mol. The molecule has 1 heterocycles. The van der Waals surface area contributed by atoms with Gasteiger partial charge in [-0.25, -0.2) is 4.68 Å². The summed E-state index contributed by atoms with van der Waals surface area (Å²) in [6, 6.07) is 30.2. The van der Waals surface area contributed by atoms with Gasteiger partial charge in [0.15, 0.2) is 0 Å². The van der Waals surface area contributed by atoms with Gasteiger partial charge < -0.3 is 4.90 Å². The van der Waals surface area contributed by atoms with E-state index in [0.29, 0.717) is 13.1 Å². The zero-order valence-electron chi connectivity index (χ0n) is 18.5. The Balaban J connectivity index is 1.44. The summed E-state index contributed by atoms with van der Waals surface area (Å²) < 4.78 is 1.86. The average Bonchev–Trinajstić information content (AvgIpc) is 3.29. The third-order valence-electron chi connectivity index (χ3n) is 5.53. The molecule has 4 aromatic rings. The van der Waals surface area contributed by atoms with E-state index in [9.17, 15) is 4.79 Å². The molecule has 1 amide bonds. The number of benzene rings is 3. The summed E-state index contributed by atoms with van der Waals surface area (Å²) in [7, 11) is 3.85. The van der Waals surface area contributed by atoms with E-state index in [2.05, 4.69) is 29.4 Å². The molecule has 0 unspecified atom stereocenters. The Morgan fingerprint density at radius 3 is 1.94 bits per heavy atom. The maximum Gasteiger partial charge on any atom is 0.237 e. The van der Waals surface area contributed by atoms with Crippen molar-refractivity contribution < 1.29 is 4.79 Å². The number of para-hydroxylation sites is 1. The lowest BCUT2D eigenvalue weighted by Crippen LogP contribution is -2.39. The first-order chi connectivity index (χ1) is 15.6. The first-order valence-electron chi connectivity index (χ1n) is 10.7. The Morgan fingerprint density at radius 2 is 1.38 bits per heavy atom. The van der Waals surface area contributed by atoms with Gasteiger partial charge >= 0.3 is 0 Å². The van der Waals surface area contributed by atoms with Crippen LogP contribution in [0.5, 0.6) is 0 Å². The van der Waals surface area contributed by atoms with Gasteiger partial charge in [0.2, 0.25) is 5.91 Å². The Morgan fingerprint density at radius 1 is 0.844 bits per heavy atom. The Bertz CT molecular complexity index is 1090. The highest BCUT2D eigenvalue weighted by Gasteiger charge is 2.24. The van der Waals surface area contributed by atoms with Gasteiger partial charge in [-0.2, -0.15) is 5.10 Å². The number of hydrogen-bond donors (Lipinski definition) is 0. The second-order valence-corrected chi connectivity index (χ2v) is 8.03. The van der Waals surface area contributed by atoms with Gasteiger partial charge in [0, 0.05) is 25.4 Å². The van der Waals surface area contributed by atoms with Crippen molar-refractivity contribution in [2.24, 2.45) is 0 Å². The van der Waals surface area contributed by atoms with E-state index < -0.39 is 0 Å². The van der Waals surface area contributed by atoms with Crippen molar-refractivity contribution in [3.63, 3.8) is 0 Å². The quantitative estimate of drug-likeness (QED) is 0.417. The molecule has 0 saturated carbocycles. The molecule has 5 nitrogen and oxygen atoms in total. The maximum absolute atomic E-state index is 13.2. The molecule has 0 aliphatic carbocycles. The van der Waals surface area contributed by atoms with Crippen LogP contribution in [0.1, 0.15) is 22.7 Å². The molecule has 0 spiro atoms.